The molecule has 4 aliphatic rings. The molecule has 4 aromatic rings. The molecule has 4 aliphatic carbocycles. The highest BCUT2D eigenvalue weighted by Crippen LogP contribution is 2.49. The molecular weight excluding hydrogens is 470 g/mol. The summed E-state index contributed by atoms with van der Waals surface area (Å²) in [5.74, 6) is 0.427. The van der Waals surface area contributed by atoms with Crippen molar-refractivity contribution in [3.8, 4) is 11.1 Å². The summed E-state index contributed by atoms with van der Waals surface area (Å²) in [4.78, 5) is 2.49. The van der Waals surface area contributed by atoms with Gasteiger partial charge in [0.15, 0.2) is 0 Å². The van der Waals surface area contributed by atoms with Gasteiger partial charge in [-0.25, -0.2) is 0 Å². The first kappa shape index (κ1) is 22.8. The van der Waals surface area contributed by atoms with Crippen LogP contribution in [0.15, 0.2) is 115 Å². The van der Waals surface area contributed by atoms with Gasteiger partial charge >= 0.3 is 0 Å². The molecular formula is C38H33N. The number of anilines is 2. The van der Waals surface area contributed by atoms with Gasteiger partial charge in [0.2, 0.25) is 0 Å². The fourth-order valence-electron chi connectivity index (χ4n) is 6.75. The summed E-state index contributed by atoms with van der Waals surface area (Å²) in [7, 11) is 0. The number of fused-ring (bicyclic) bond motifs is 3. The summed E-state index contributed by atoms with van der Waals surface area (Å²) < 4.78 is 0. The number of hydrogen-bond acceptors (Lipinski definition) is 1. The summed E-state index contributed by atoms with van der Waals surface area (Å²) in [6.07, 6.45) is 18.0. The van der Waals surface area contributed by atoms with E-state index in [0.29, 0.717) is 5.92 Å². The van der Waals surface area contributed by atoms with Gasteiger partial charge < -0.3 is 4.90 Å². The fraction of sp³-hybridized carbons (Fsp3) is 0.211. The van der Waals surface area contributed by atoms with Crippen LogP contribution in [0.2, 0.25) is 0 Å². The lowest BCUT2D eigenvalue weighted by Crippen LogP contribution is -2.19. The standard InChI is InChI=1S/C38H33N/c1-3-9-26(10-4-1)27-15-19-31(20-16-27)39(38-14-8-7-13-33(38)28-11-5-2-6-12-28)32-21-17-29(18-22-32)34-23-30-24-35(30)37-25-36(34)37/h1,3-4,7-11,13-15,17-23,27H,2,5-6,12,16,24-25H2. The highest BCUT2D eigenvalue weighted by molar-refractivity contribution is 5.85. The summed E-state index contributed by atoms with van der Waals surface area (Å²) in [6, 6.07) is 31.7. The Morgan fingerprint density at radius 2 is 1.54 bits per heavy atom. The molecule has 0 heterocycles. The number of hydrogen-bond donors (Lipinski definition) is 0. The molecule has 0 spiro atoms. The van der Waals surface area contributed by atoms with Crippen molar-refractivity contribution >= 4 is 16.9 Å². The summed E-state index contributed by atoms with van der Waals surface area (Å²) in [5.41, 5.74) is 17.2. The minimum Gasteiger partial charge on any atom is -0.310 e. The third kappa shape index (κ3) is 4.17. The van der Waals surface area contributed by atoms with E-state index in [2.05, 4.69) is 114 Å². The zero-order valence-electron chi connectivity index (χ0n) is 22.4. The van der Waals surface area contributed by atoms with E-state index in [0.717, 1.165) is 12.8 Å². The highest BCUT2D eigenvalue weighted by atomic mass is 15.1. The van der Waals surface area contributed by atoms with Gasteiger partial charge in [-0.05, 0) is 114 Å². The van der Waals surface area contributed by atoms with Crippen LogP contribution in [-0.2, 0) is 12.8 Å². The Balaban J connectivity index is 1.19. The van der Waals surface area contributed by atoms with E-state index in [1.807, 2.05) is 0 Å². The second kappa shape index (κ2) is 9.27. The van der Waals surface area contributed by atoms with Crippen molar-refractivity contribution in [1.29, 1.82) is 0 Å². The number of allylic oxidation sites excluding steroid dienone is 5. The van der Waals surface area contributed by atoms with Gasteiger partial charge in [-0.15, -0.1) is 0 Å². The minimum atomic E-state index is 0.427. The van der Waals surface area contributed by atoms with Gasteiger partial charge in [0, 0.05) is 22.9 Å². The first-order valence-corrected chi connectivity index (χ1v) is 14.6. The summed E-state index contributed by atoms with van der Waals surface area (Å²) >= 11 is 0. The molecule has 1 unspecified atom stereocenters. The van der Waals surface area contributed by atoms with E-state index in [1.54, 1.807) is 22.3 Å². The van der Waals surface area contributed by atoms with Crippen molar-refractivity contribution in [2.45, 2.75) is 50.9 Å². The molecule has 0 fully saturated rings. The maximum absolute atomic E-state index is 2.49. The molecule has 0 saturated heterocycles. The molecule has 8 rings (SSSR count). The first-order valence-electron chi connectivity index (χ1n) is 14.6. The molecule has 39 heavy (non-hydrogen) atoms. The smallest absolute Gasteiger partial charge is 0.0536 e. The largest absolute Gasteiger partial charge is 0.310 e. The third-order valence-corrected chi connectivity index (χ3v) is 9.02. The van der Waals surface area contributed by atoms with Crippen molar-refractivity contribution in [2.75, 3.05) is 4.90 Å². The zero-order valence-corrected chi connectivity index (χ0v) is 22.4. The minimum absolute atomic E-state index is 0.427. The van der Waals surface area contributed by atoms with Gasteiger partial charge in [-0.3, -0.25) is 0 Å². The Labute approximate surface area is 231 Å². The van der Waals surface area contributed by atoms with Crippen LogP contribution < -0.4 is 4.90 Å². The van der Waals surface area contributed by atoms with Crippen LogP contribution in [-0.4, -0.2) is 0 Å². The van der Waals surface area contributed by atoms with E-state index in [9.17, 15) is 0 Å². The Bertz CT molecular complexity index is 1670. The quantitative estimate of drug-likeness (QED) is 0.219. The third-order valence-electron chi connectivity index (χ3n) is 9.02. The van der Waals surface area contributed by atoms with Crippen LogP contribution in [0, 0.1) is 0 Å². The molecule has 0 saturated carbocycles. The Kier molecular flexibility index (Phi) is 5.43. The Morgan fingerprint density at radius 3 is 2.33 bits per heavy atom. The normalized spacial score (nSPS) is 18.5. The Morgan fingerprint density at radius 1 is 0.692 bits per heavy atom. The molecule has 0 amide bonds. The molecule has 0 radical (unpaired) electrons. The molecule has 0 N–H and O–H groups in total. The number of nitrogens with zero attached hydrogens (tertiary/aromatic N) is 1. The predicted molar refractivity (Wildman–Crippen MR) is 164 cm³/mol. The molecule has 190 valence electrons. The van der Waals surface area contributed by atoms with E-state index >= 15 is 0 Å². The molecule has 1 atom stereocenters. The fourth-order valence-corrected chi connectivity index (χ4v) is 6.75. The number of rotatable bonds is 6. The van der Waals surface area contributed by atoms with Gasteiger partial charge in [-0.1, -0.05) is 85.0 Å². The van der Waals surface area contributed by atoms with Crippen LogP contribution in [0.1, 0.15) is 71.4 Å². The Hall–Kier alpha value is -4.10. The number of benzene rings is 4. The highest BCUT2D eigenvalue weighted by Gasteiger charge is 2.34. The average Bonchev–Trinajstić information content (AvgIpc) is 3.93. The van der Waals surface area contributed by atoms with Gasteiger partial charge in [0.1, 0.15) is 0 Å². The maximum atomic E-state index is 2.49. The predicted octanol–water partition coefficient (Wildman–Crippen LogP) is 9.89. The van der Waals surface area contributed by atoms with Crippen molar-refractivity contribution < 1.29 is 0 Å². The van der Waals surface area contributed by atoms with E-state index < -0.39 is 0 Å². The van der Waals surface area contributed by atoms with Crippen molar-refractivity contribution in [2.24, 2.45) is 0 Å². The molecule has 4 aromatic carbocycles. The topological polar surface area (TPSA) is 3.24 Å². The van der Waals surface area contributed by atoms with Crippen LogP contribution in [0.25, 0.3) is 16.7 Å². The zero-order chi connectivity index (χ0) is 25.8. The van der Waals surface area contributed by atoms with Crippen molar-refractivity contribution in [3.63, 3.8) is 0 Å². The second-order valence-corrected chi connectivity index (χ2v) is 11.5. The molecule has 1 heteroatoms. The van der Waals surface area contributed by atoms with Crippen LogP contribution in [0.4, 0.5) is 11.4 Å². The van der Waals surface area contributed by atoms with Gasteiger partial charge in [-0.2, -0.15) is 0 Å². The van der Waals surface area contributed by atoms with Crippen LogP contribution in [0.5, 0.6) is 0 Å². The first-order chi connectivity index (χ1) is 19.3. The average molecular weight is 504 g/mol. The monoisotopic (exact) mass is 503 g/mol. The van der Waals surface area contributed by atoms with E-state index in [1.165, 1.54) is 77.0 Å². The molecule has 0 aliphatic heterocycles. The molecule has 1 nitrogen and oxygen atoms in total. The maximum Gasteiger partial charge on any atom is 0.0536 e. The van der Waals surface area contributed by atoms with Crippen LogP contribution >= 0.6 is 0 Å². The van der Waals surface area contributed by atoms with Crippen LogP contribution in [0.3, 0.4) is 0 Å². The molecule has 0 bridgehead atoms. The van der Waals surface area contributed by atoms with Gasteiger partial charge in [0.05, 0.1) is 5.69 Å². The van der Waals surface area contributed by atoms with Gasteiger partial charge in [0.25, 0.3) is 0 Å². The number of para-hydroxylation sites is 1. The van der Waals surface area contributed by atoms with Crippen molar-refractivity contribution in [1.82, 2.24) is 0 Å². The summed E-state index contributed by atoms with van der Waals surface area (Å²) in [5, 5.41) is 0. The lowest BCUT2D eigenvalue weighted by molar-refractivity contribution is 0.742. The van der Waals surface area contributed by atoms with Crippen molar-refractivity contribution in [3.05, 3.63) is 148 Å². The lowest BCUT2D eigenvalue weighted by Gasteiger charge is -2.31. The van der Waals surface area contributed by atoms with E-state index in [-0.39, 0.29) is 0 Å². The van der Waals surface area contributed by atoms with E-state index in [4.69, 9.17) is 0 Å². The molecule has 0 aromatic heterocycles. The lowest BCUT2D eigenvalue weighted by atomic mass is 9.90. The second-order valence-electron chi connectivity index (χ2n) is 11.5. The summed E-state index contributed by atoms with van der Waals surface area (Å²) in [6.45, 7) is 0. The SMILES string of the molecule is C1=CC(c2ccccc2)CC=C1N(c1ccc(-c2cc3c(c4c2C4)C3)cc1)c1ccccc1C1=CCCCC1.